The largest absolute Gasteiger partial charge is 0.497 e. The molecule has 2 N–H and O–H groups in total. The molecule has 1 saturated carbocycles. The lowest BCUT2D eigenvalue weighted by atomic mass is 10.2. The first-order chi connectivity index (χ1) is 12.0. The van der Waals surface area contributed by atoms with Crippen LogP contribution in [-0.2, 0) is 16.6 Å². The first-order valence-electron chi connectivity index (χ1n) is 8.01. The van der Waals surface area contributed by atoms with Crippen LogP contribution in [0, 0.1) is 0 Å². The van der Waals surface area contributed by atoms with Crippen LogP contribution in [0.1, 0.15) is 28.8 Å². The van der Waals surface area contributed by atoms with Gasteiger partial charge in [-0.05, 0) is 54.8 Å². The fraction of sp³-hybridized carbons (Fsp3) is 0.278. The Kier molecular flexibility index (Phi) is 5.06. The van der Waals surface area contributed by atoms with Gasteiger partial charge in [0.2, 0.25) is 10.0 Å². The number of sulfonamides is 1. The summed E-state index contributed by atoms with van der Waals surface area (Å²) in [5, 5.41) is 2.87. The quantitative estimate of drug-likeness (QED) is 0.792. The molecule has 1 aliphatic rings. The van der Waals surface area contributed by atoms with Gasteiger partial charge in [-0.1, -0.05) is 12.1 Å². The van der Waals surface area contributed by atoms with Gasteiger partial charge >= 0.3 is 0 Å². The van der Waals surface area contributed by atoms with E-state index in [0.29, 0.717) is 11.3 Å². The molecule has 132 valence electrons. The lowest BCUT2D eigenvalue weighted by molar-refractivity contribution is 0.0951. The highest BCUT2D eigenvalue weighted by Crippen LogP contribution is 2.20. The molecule has 6 nitrogen and oxygen atoms in total. The predicted molar refractivity (Wildman–Crippen MR) is 93.9 cm³/mol. The SMILES string of the molecule is COc1ccc(CNS(=O)(=O)c2ccc(C(=O)NC3CC3)cc2)cc1. The van der Waals surface area contributed by atoms with Gasteiger partial charge in [0.05, 0.1) is 12.0 Å². The van der Waals surface area contributed by atoms with E-state index in [9.17, 15) is 13.2 Å². The van der Waals surface area contributed by atoms with Gasteiger partial charge in [0, 0.05) is 18.2 Å². The smallest absolute Gasteiger partial charge is 0.251 e. The average molecular weight is 360 g/mol. The molecule has 0 saturated heterocycles. The van der Waals surface area contributed by atoms with Crippen LogP contribution in [0.4, 0.5) is 0 Å². The molecule has 1 amide bonds. The number of nitrogens with one attached hydrogen (secondary N) is 2. The van der Waals surface area contributed by atoms with Gasteiger partial charge < -0.3 is 10.1 Å². The Bertz CT molecular complexity index is 842. The fourth-order valence-electron chi connectivity index (χ4n) is 2.29. The van der Waals surface area contributed by atoms with Crippen molar-refractivity contribution in [1.29, 1.82) is 0 Å². The van der Waals surface area contributed by atoms with Crippen LogP contribution in [0.5, 0.6) is 5.75 Å². The summed E-state index contributed by atoms with van der Waals surface area (Å²) in [5.41, 5.74) is 1.28. The van der Waals surface area contributed by atoms with E-state index in [4.69, 9.17) is 4.74 Å². The van der Waals surface area contributed by atoms with Crippen LogP contribution >= 0.6 is 0 Å². The van der Waals surface area contributed by atoms with Crippen molar-refractivity contribution >= 4 is 15.9 Å². The molecule has 25 heavy (non-hydrogen) atoms. The minimum atomic E-state index is -3.64. The molecule has 0 radical (unpaired) electrons. The molecule has 0 bridgehead atoms. The van der Waals surface area contributed by atoms with Gasteiger partial charge in [-0.3, -0.25) is 4.79 Å². The number of hydrogen-bond acceptors (Lipinski definition) is 4. The maximum absolute atomic E-state index is 12.4. The van der Waals surface area contributed by atoms with Crippen molar-refractivity contribution in [2.45, 2.75) is 30.3 Å². The van der Waals surface area contributed by atoms with Crippen LogP contribution < -0.4 is 14.8 Å². The van der Waals surface area contributed by atoms with Gasteiger partial charge in [-0.25, -0.2) is 13.1 Å². The van der Waals surface area contributed by atoms with Crippen molar-refractivity contribution in [3.05, 3.63) is 59.7 Å². The first kappa shape index (κ1) is 17.4. The van der Waals surface area contributed by atoms with Gasteiger partial charge in [-0.2, -0.15) is 0 Å². The van der Waals surface area contributed by atoms with Crippen LogP contribution in [0.15, 0.2) is 53.4 Å². The minimum Gasteiger partial charge on any atom is -0.497 e. The molecule has 0 aromatic heterocycles. The molecule has 1 fully saturated rings. The molecule has 0 atom stereocenters. The van der Waals surface area contributed by atoms with Crippen molar-refractivity contribution in [3.8, 4) is 5.75 Å². The Hall–Kier alpha value is -2.38. The summed E-state index contributed by atoms with van der Waals surface area (Å²) >= 11 is 0. The zero-order valence-corrected chi connectivity index (χ0v) is 14.7. The third-order valence-electron chi connectivity index (χ3n) is 3.96. The highest BCUT2D eigenvalue weighted by Gasteiger charge is 2.24. The Morgan fingerprint density at radius 1 is 1.08 bits per heavy atom. The number of carbonyl (C=O) groups is 1. The molecular weight excluding hydrogens is 340 g/mol. The van der Waals surface area contributed by atoms with Gasteiger partial charge in [0.1, 0.15) is 5.75 Å². The summed E-state index contributed by atoms with van der Waals surface area (Å²) in [5.74, 6) is 0.546. The van der Waals surface area contributed by atoms with Crippen LogP contribution in [0.3, 0.4) is 0 Å². The van der Waals surface area contributed by atoms with Crippen molar-refractivity contribution in [2.75, 3.05) is 7.11 Å². The van der Waals surface area contributed by atoms with Gasteiger partial charge in [0.15, 0.2) is 0 Å². The molecule has 0 aliphatic heterocycles. The van der Waals surface area contributed by atoms with Crippen molar-refractivity contribution in [2.24, 2.45) is 0 Å². The molecule has 1 aliphatic carbocycles. The molecule has 0 spiro atoms. The maximum atomic E-state index is 12.4. The number of rotatable bonds is 7. The highest BCUT2D eigenvalue weighted by atomic mass is 32.2. The number of benzene rings is 2. The zero-order chi connectivity index (χ0) is 17.9. The fourth-order valence-corrected chi connectivity index (χ4v) is 3.30. The molecule has 2 aromatic rings. The molecule has 0 heterocycles. The van der Waals surface area contributed by atoms with Crippen LogP contribution in [-0.4, -0.2) is 27.5 Å². The Morgan fingerprint density at radius 3 is 2.28 bits per heavy atom. The third-order valence-corrected chi connectivity index (χ3v) is 5.38. The van der Waals surface area contributed by atoms with Crippen molar-refractivity contribution in [3.63, 3.8) is 0 Å². The van der Waals surface area contributed by atoms with E-state index >= 15 is 0 Å². The normalized spacial score (nSPS) is 14.1. The molecule has 7 heteroatoms. The summed E-state index contributed by atoms with van der Waals surface area (Å²) < 4.78 is 32.3. The third kappa shape index (κ3) is 4.58. The van der Waals surface area contributed by atoms with Crippen molar-refractivity contribution < 1.29 is 17.9 Å². The van der Waals surface area contributed by atoms with Gasteiger partial charge in [-0.15, -0.1) is 0 Å². The lowest BCUT2D eigenvalue weighted by Gasteiger charge is -2.09. The van der Waals surface area contributed by atoms with Crippen LogP contribution in [0.25, 0.3) is 0 Å². The Labute approximate surface area is 147 Å². The molecule has 0 unspecified atom stereocenters. The predicted octanol–water partition coefficient (Wildman–Crippen LogP) is 2.07. The average Bonchev–Trinajstić information content (AvgIpc) is 3.44. The number of ether oxygens (including phenoxy) is 1. The number of amides is 1. The Morgan fingerprint density at radius 2 is 1.72 bits per heavy atom. The van der Waals surface area contributed by atoms with E-state index < -0.39 is 10.0 Å². The summed E-state index contributed by atoms with van der Waals surface area (Å²) in [7, 11) is -2.06. The number of carbonyl (C=O) groups excluding carboxylic acids is 1. The maximum Gasteiger partial charge on any atom is 0.251 e. The topological polar surface area (TPSA) is 84.5 Å². The van der Waals surface area contributed by atoms with E-state index in [-0.39, 0.29) is 23.4 Å². The monoisotopic (exact) mass is 360 g/mol. The second kappa shape index (κ2) is 7.25. The molecule has 3 rings (SSSR count). The standard InChI is InChI=1S/C18H20N2O4S/c1-24-16-8-2-13(3-9-16)12-19-25(22,23)17-10-4-14(5-11-17)18(21)20-15-6-7-15/h2-5,8-11,15,19H,6-7,12H2,1H3,(H,20,21). The van der Waals surface area contributed by atoms with E-state index in [1.165, 1.54) is 24.3 Å². The highest BCUT2D eigenvalue weighted by molar-refractivity contribution is 7.89. The number of methoxy groups -OCH3 is 1. The summed E-state index contributed by atoms with van der Waals surface area (Å²) in [4.78, 5) is 12.1. The summed E-state index contributed by atoms with van der Waals surface area (Å²) in [6.45, 7) is 0.177. The van der Waals surface area contributed by atoms with E-state index in [2.05, 4.69) is 10.0 Å². The summed E-state index contributed by atoms with van der Waals surface area (Å²) in [6, 6.07) is 13.4. The van der Waals surface area contributed by atoms with Crippen molar-refractivity contribution in [1.82, 2.24) is 10.0 Å². The molecule has 2 aromatic carbocycles. The summed E-state index contributed by atoms with van der Waals surface area (Å²) in [6.07, 6.45) is 2.01. The van der Waals surface area contributed by atoms with E-state index in [1.807, 2.05) is 0 Å². The van der Waals surface area contributed by atoms with E-state index in [0.717, 1.165) is 18.4 Å². The van der Waals surface area contributed by atoms with Gasteiger partial charge in [0.25, 0.3) is 5.91 Å². The zero-order valence-electron chi connectivity index (χ0n) is 13.9. The first-order valence-corrected chi connectivity index (χ1v) is 9.50. The van der Waals surface area contributed by atoms with Crippen LogP contribution in [0.2, 0.25) is 0 Å². The molecular formula is C18H20N2O4S. The van der Waals surface area contributed by atoms with E-state index in [1.54, 1.807) is 31.4 Å². The second-order valence-electron chi connectivity index (χ2n) is 5.94. The number of hydrogen-bond donors (Lipinski definition) is 2. The lowest BCUT2D eigenvalue weighted by Crippen LogP contribution is -2.26. The minimum absolute atomic E-state index is 0.129. The second-order valence-corrected chi connectivity index (χ2v) is 7.71. The Balaban J connectivity index is 1.63.